The number of pyridine rings is 1. The van der Waals surface area contributed by atoms with Gasteiger partial charge in [0.05, 0.1) is 16.5 Å². The second-order valence-electron chi connectivity index (χ2n) is 3.13. The Morgan fingerprint density at radius 3 is 2.50 bits per heavy atom. The molecule has 16 heavy (non-hydrogen) atoms. The zero-order valence-electron chi connectivity index (χ0n) is 7.75. The van der Waals surface area contributed by atoms with Crippen molar-refractivity contribution in [2.24, 2.45) is 0 Å². The molecule has 1 aromatic carbocycles. The number of fused-ring (bicyclic) bond motifs is 1. The summed E-state index contributed by atoms with van der Waals surface area (Å²) in [5.41, 5.74) is -1.80. The molecule has 2 N–H and O–H groups in total. The van der Waals surface area contributed by atoms with Crippen molar-refractivity contribution in [1.29, 1.82) is 0 Å². The molecule has 2 aromatic rings. The number of aromatic nitrogens is 1. The molecular weight excluding hydrogens is 220 g/mol. The van der Waals surface area contributed by atoms with E-state index in [1.54, 1.807) is 0 Å². The summed E-state index contributed by atoms with van der Waals surface area (Å²) >= 11 is 0. The summed E-state index contributed by atoms with van der Waals surface area (Å²) in [6.45, 7) is 0. The van der Waals surface area contributed by atoms with Gasteiger partial charge in [-0.1, -0.05) is 0 Å². The van der Waals surface area contributed by atoms with E-state index in [0.29, 0.717) is 6.07 Å². The molecular formula is C10H5F2NO3. The normalized spacial score (nSPS) is 10.6. The van der Waals surface area contributed by atoms with E-state index in [4.69, 9.17) is 5.11 Å². The second-order valence-corrected chi connectivity index (χ2v) is 3.13. The zero-order valence-corrected chi connectivity index (χ0v) is 7.75. The predicted octanol–water partition coefficient (Wildman–Crippen LogP) is 1.50. The van der Waals surface area contributed by atoms with E-state index < -0.39 is 39.6 Å². The molecule has 0 radical (unpaired) electrons. The van der Waals surface area contributed by atoms with Crippen LogP contribution in [0.15, 0.2) is 23.0 Å². The first-order chi connectivity index (χ1) is 7.50. The van der Waals surface area contributed by atoms with E-state index in [1.165, 1.54) is 0 Å². The van der Waals surface area contributed by atoms with Crippen LogP contribution in [0, 0.1) is 11.6 Å². The van der Waals surface area contributed by atoms with Crippen LogP contribution in [-0.2, 0) is 0 Å². The Kier molecular flexibility index (Phi) is 2.19. The molecule has 0 fully saturated rings. The van der Waals surface area contributed by atoms with Crippen molar-refractivity contribution in [1.82, 2.24) is 4.98 Å². The summed E-state index contributed by atoms with van der Waals surface area (Å²) in [5.74, 6) is -3.26. The van der Waals surface area contributed by atoms with Crippen LogP contribution < -0.4 is 5.56 Å². The van der Waals surface area contributed by atoms with Gasteiger partial charge < -0.3 is 10.1 Å². The van der Waals surface area contributed by atoms with E-state index >= 15 is 0 Å². The van der Waals surface area contributed by atoms with Gasteiger partial charge in [-0.25, -0.2) is 13.6 Å². The molecule has 0 amide bonds. The Labute approximate surface area is 87.1 Å². The molecule has 1 aromatic heterocycles. The van der Waals surface area contributed by atoms with Crippen LogP contribution in [0.3, 0.4) is 0 Å². The number of nitrogens with one attached hydrogen (secondary N) is 1. The van der Waals surface area contributed by atoms with Crippen LogP contribution in [0.2, 0.25) is 0 Å². The summed E-state index contributed by atoms with van der Waals surface area (Å²) in [7, 11) is 0. The van der Waals surface area contributed by atoms with E-state index in [-0.39, 0.29) is 0 Å². The van der Waals surface area contributed by atoms with Gasteiger partial charge >= 0.3 is 5.97 Å². The smallest absolute Gasteiger partial charge is 0.336 e. The molecule has 0 atom stereocenters. The summed E-state index contributed by atoms with van der Waals surface area (Å²) in [6.07, 6.45) is 0. The highest BCUT2D eigenvalue weighted by Crippen LogP contribution is 2.21. The molecule has 0 bridgehead atoms. The largest absolute Gasteiger partial charge is 0.478 e. The van der Waals surface area contributed by atoms with E-state index in [9.17, 15) is 18.4 Å². The molecule has 0 saturated carbocycles. The minimum absolute atomic E-state index is 0.438. The SMILES string of the molecule is O=C(O)c1cc(=O)[nH]c2c(F)ccc(F)c12. The Balaban J connectivity index is 3.06. The van der Waals surface area contributed by atoms with Crippen LogP contribution in [-0.4, -0.2) is 16.1 Å². The number of H-pyrrole nitrogens is 1. The fourth-order valence-corrected chi connectivity index (χ4v) is 1.47. The average molecular weight is 225 g/mol. The molecule has 2 rings (SSSR count). The number of carbonyl (C=O) groups is 1. The Hall–Kier alpha value is -2.24. The molecule has 82 valence electrons. The maximum Gasteiger partial charge on any atom is 0.336 e. The Morgan fingerprint density at radius 2 is 1.88 bits per heavy atom. The van der Waals surface area contributed by atoms with Gasteiger partial charge in [0.1, 0.15) is 11.6 Å². The van der Waals surface area contributed by atoms with Gasteiger partial charge in [0.2, 0.25) is 5.56 Å². The number of aromatic amines is 1. The average Bonchev–Trinajstić information content (AvgIpc) is 2.22. The molecule has 1 heterocycles. The van der Waals surface area contributed by atoms with Crippen LogP contribution in [0.5, 0.6) is 0 Å². The van der Waals surface area contributed by atoms with Crippen molar-refractivity contribution in [3.63, 3.8) is 0 Å². The number of rotatable bonds is 1. The number of hydrogen-bond donors (Lipinski definition) is 2. The fourth-order valence-electron chi connectivity index (χ4n) is 1.47. The van der Waals surface area contributed by atoms with Gasteiger partial charge in [0.25, 0.3) is 0 Å². The van der Waals surface area contributed by atoms with Gasteiger partial charge in [-0.15, -0.1) is 0 Å². The maximum absolute atomic E-state index is 13.4. The highest BCUT2D eigenvalue weighted by molar-refractivity contribution is 6.02. The van der Waals surface area contributed by atoms with Crippen molar-refractivity contribution in [2.75, 3.05) is 0 Å². The minimum atomic E-state index is -1.49. The number of benzene rings is 1. The lowest BCUT2D eigenvalue weighted by Crippen LogP contribution is -2.12. The highest BCUT2D eigenvalue weighted by atomic mass is 19.1. The zero-order chi connectivity index (χ0) is 11.9. The molecule has 0 spiro atoms. The first-order valence-corrected chi connectivity index (χ1v) is 4.25. The second kappa shape index (κ2) is 3.41. The third kappa shape index (κ3) is 1.44. The summed E-state index contributed by atoms with van der Waals surface area (Å²) in [4.78, 5) is 23.9. The number of aromatic carboxylic acids is 1. The van der Waals surface area contributed by atoms with Crippen LogP contribution in [0.1, 0.15) is 10.4 Å². The number of halogens is 2. The van der Waals surface area contributed by atoms with Crippen molar-refractivity contribution in [2.45, 2.75) is 0 Å². The van der Waals surface area contributed by atoms with Gasteiger partial charge in [-0.05, 0) is 12.1 Å². The molecule has 4 nitrogen and oxygen atoms in total. The standard InChI is InChI=1S/C10H5F2NO3/c11-5-1-2-6(12)9-8(5)4(10(15)16)3-7(14)13-9/h1-3H,(H,13,14)(H,15,16). The van der Waals surface area contributed by atoms with Crippen molar-refractivity contribution in [3.8, 4) is 0 Å². The lowest BCUT2D eigenvalue weighted by atomic mass is 10.1. The monoisotopic (exact) mass is 225 g/mol. The lowest BCUT2D eigenvalue weighted by molar-refractivity contribution is 0.0698. The van der Waals surface area contributed by atoms with Crippen molar-refractivity contribution < 1.29 is 18.7 Å². The summed E-state index contributed by atoms with van der Waals surface area (Å²) in [6, 6.07) is 2.34. The quantitative estimate of drug-likeness (QED) is 0.772. The number of carboxylic acid groups (broad SMARTS) is 1. The first kappa shape index (κ1) is 10.3. The van der Waals surface area contributed by atoms with E-state index in [0.717, 1.165) is 12.1 Å². The van der Waals surface area contributed by atoms with E-state index in [2.05, 4.69) is 4.98 Å². The number of carboxylic acids is 1. The first-order valence-electron chi connectivity index (χ1n) is 4.25. The molecule has 0 unspecified atom stereocenters. The van der Waals surface area contributed by atoms with Crippen molar-refractivity contribution in [3.05, 3.63) is 45.8 Å². The van der Waals surface area contributed by atoms with Gasteiger partial charge in [-0.3, -0.25) is 4.79 Å². The fraction of sp³-hybridized carbons (Fsp3) is 0. The molecule has 6 heteroatoms. The van der Waals surface area contributed by atoms with Crippen LogP contribution in [0.4, 0.5) is 8.78 Å². The molecule has 0 saturated heterocycles. The van der Waals surface area contributed by atoms with Crippen molar-refractivity contribution >= 4 is 16.9 Å². The van der Waals surface area contributed by atoms with E-state index in [1.807, 2.05) is 0 Å². The van der Waals surface area contributed by atoms with Crippen LogP contribution >= 0.6 is 0 Å². The third-order valence-corrected chi connectivity index (χ3v) is 2.13. The van der Waals surface area contributed by atoms with Gasteiger partial charge in [0.15, 0.2) is 0 Å². The van der Waals surface area contributed by atoms with Crippen LogP contribution in [0.25, 0.3) is 10.9 Å². The Bertz CT molecular complexity index is 648. The summed E-state index contributed by atoms with van der Waals surface area (Å²) < 4.78 is 26.6. The molecule has 0 aliphatic heterocycles. The minimum Gasteiger partial charge on any atom is -0.478 e. The predicted molar refractivity (Wildman–Crippen MR) is 51.4 cm³/mol. The molecule has 0 aliphatic rings. The molecule has 0 aliphatic carbocycles. The van der Waals surface area contributed by atoms with Gasteiger partial charge in [-0.2, -0.15) is 0 Å². The Morgan fingerprint density at radius 1 is 1.25 bits per heavy atom. The number of hydrogen-bond acceptors (Lipinski definition) is 2. The van der Waals surface area contributed by atoms with Gasteiger partial charge in [0, 0.05) is 6.07 Å². The topological polar surface area (TPSA) is 70.2 Å². The summed E-state index contributed by atoms with van der Waals surface area (Å²) in [5, 5.41) is 8.34. The highest BCUT2D eigenvalue weighted by Gasteiger charge is 2.16. The third-order valence-electron chi connectivity index (χ3n) is 2.13. The lowest BCUT2D eigenvalue weighted by Gasteiger charge is -2.03. The maximum atomic E-state index is 13.4.